The Labute approximate surface area is 112 Å². The number of hydrogen-bond donors (Lipinski definition) is 0. The van der Waals surface area contributed by atoms with E-state index in [9.17, 15) is 0 Å². The number of hydrogen-bond acceptors (Lipinski definition) is 1. The Morgan fingerprint density at radius 1 is 1.06 bits per heavy atom. The van der Waals surface area contributed by atoms with E-state index in [1.54, 1.807) is 0 Å². The smallest absolute Gasteiger partial charge is 0.0588 e. The van der Waals surface area contributed by atoms with Gasteiger partial charge in [-0.1, -0.05) is 37.3 Å². The summed E-state index contributed by atoms with van der Waals surface area (Å²) in [6, 6.07) is 14.8. The molecule has 0 spiro atoms. The number of benzene rings is 1. The molecular weight excluding hydrogens is 248 g/mol. The summed E-state index contributed by atoms with van der Waals surface area (Å²) in [6.07, 6.45) is 3.22. The third-order valence-electron chi connectivity index (χ3n) is 2.87. The van der Waals surface area contributed by atoms with Crippen LogP contribution in [0.4, 0.5) is 0 Å². The maximum Gasteiger partial charge on any atom is 0.0588 e. The van der Waals surface area contributed by atoms with Gasteiger partial charge in [0.05, 0.1) is 5.38 Å². The molecule has 0 amide bonds. The number of halogens is 1. The fraction of sp³-hybridized carbons (Fsp3) is 0.333. The topological polar surface area (TPSA) is 0 Å². The van der Waals surface area contributed by atoms with Gasteiger partial charge in [-0.2, -0.15) is 0 Å². The first-order valence-electron chi connectivity index (χ1n) is 6.06. The highest BCUT2D eigenvalue weighted by Crippen LogP contribution is 2.27. The van der Waals surface area contributed by atoms with Crippen LogP contribution in [0.15, 0.2) is 42.5 Å². The van der Waals surface area contributed by atoms with E-state index in [2.05, 4.69) is 31.2 Å². The highest BCUT2D eigenvalue weighted by Gasteiger charge is 2.08. The Kier molecular flexibility index (Phi) is 4.64. The highest BCUT2D eigenvalue weighted by molar-refractivity contribution is 7.11. The zero-order chi connectivity index (χ0) is 12.1. The van der Waals surface area contributed by atoms with E-state index in [0.717, 1.165) is 19.3 Å². The van der Waals surface area contributed by atoms with Gasteiger partial charge < -0.3 is 0 Å². The van der Waals surface area contributed by atoms with Gasteiger partial charge in [-0.3, -0.25) is 0 Å². The standard InChI is InChI=1S/C15H17ClS/c1-2-13-8-9-14(17-13)10-11-15(16)12-6-4-3-5-7-12/h3-9,15H,2,10-11H2,1H3. The molecule has 17 heavy (non-hydrogen) atoms. The van der Waals surface area contributed by atoms with E-state index in [4.69, 9.17) is 11.6 Å². The Morgan fingerprint density at radius 2 is 1.76 bits per heavy atom. The second-order valence-electron chi connectivity index (χ2n) is 4.14. The van der Waals surface area contributed by atoms with E-state index in [1.165, 1.54) is 15.3 Å². The SMILES string of the molecule is CCc1ccc(CCC(Cl)c2ccccc2)s1. The normalized spacial score (nSPS) is 12.6. The zero-order valence-corrected chi connectivity index (χ0v) is 11.6. The predicted molar refractivity (Wildman–Crippen MR) is 77.1 cm³/mol. The average Bonchev–Trinajstić information content (AvgIpc) is 2.85. The lowest BCUT2D eigenvalue weighted by Gasteiger charge is -2.08. The van der Waals surface area contributed by atoms with E-state index in [1.807, 2.05) is 29.5 Å². The van der Waals surface area contributed by atoms with Crippen molar-refractivity contribution in [2.45, 2.75) is 31.6 Å². The molecule has 0 N–H and O–H groups in total. The lowest BCUT2D eigenvalue weighted by Crippen LogP contribution is -1.92. The van der Waals surface area contributed by atoms with Crippen molar-refractivity contribution >= 4 is 22.9 Å². The van der Waals surface area contributed by atoms with Crippen LogP contribution < -0.4 is 0 Å². The molecule has 0 nitrogen and oxygen atoms in total. The van der Waals surface area contributed by atoms with Crippen molar-refractivity contribution in [3.8, 4) is 0 Å². The van der Waals surface area contributed by atoms with Crippen LogP contribution in [-0.4, -0.2) is 0 Å². The molecule has 1 unspecified atom stereocenters. The summed E-state index contributed by atoms with van der Waals surface area (Å²) in [7, 11) is 0. The minimum Gasteiger partial charge on any atom is -0.145 e. The third-order valence-corrected chi connectivity index (χ3v) is 4.63. The Balaban J connectivity index is 1.90. The first-order valence-corrected chi connectivity index (χ1v) is 7.31. The molecule has 0 fully saturated rings. The summed E-state index contributed by atoms with van der Waals surface area (Å²) in [4.78, 5) is 2.91. The van der Waals surface area contributed by atoms with Crippen molar-refractivity contribution in [1.29, 1.82) is 0 Å². The van der Waals surface area contributed by atoms with Crippen molar-refractivity contribution in [1.82, 2.24) is 0 Å². The summed E-state index contributed by atoms with van der Waals surface area (Å²) in [5, 5.41) is 0.128. The number of thiophene rings is 1. The third kappa shape index (κ3) is 3.58. The zero-order valence-electron chi connectivity index (χ0n) is 10.0. The van der Waals surface area contributed by atoms with E-state index in [-0.39, 0.29) is 5.38 Å². The van der Waals surface area contributed by atoms with Crippen molar-refractivity contribution < 1.29 is 0 Å². The molecule has 0 saturated heterocycles. The van der Waals surface area contributed by atoms with Crippen LogP contribution in [0.25, 0.3) is 0 Å². The van der Waals surface area contributed by atoms with Crippen LogP contribution >= 0.6 is 22.9 Å². The van der Waals surface area contributed by atoms with Gasteiger partial charge in [0.2, 0.25) is 0 Å². The summed E-state index contributed by atoms with van der Waals surface area (Å²) >= 11 is 8.31. The van der Waals surface area contributed by atoms with E-state index < -0.39 is 0 Å². The van der Waals surface area contributed by atoms with Crippen molar-refractivity contribution in [2.24, 2.45) is 0 Å². The fourth-order valence-electron chi connectivity index (χ4n) is 1.84. The number of rotatable bonds is 5. The van der Waals surface area contributed by atoms with Crippen LogP contribution in [-0.2, 0) is 12.8 Å². The molecule has 0 aliphatic carbocycles. The summed E-state index contributed by atoms with van der Waals surface area (Å²) in [5.41, 5.74) is 1.22. The Morgan fingerprint density at radius 3 is 2.41 bits per heavy atom. The summed E-state index contributed by atoms with van der Waals surface area (Å²) in [5.74, 6) is 0. The largest absolute Gasteiger partial charge is 0.145 e. The van der Waals surface area contributed by atoms with Gasteiger partial charge in [0.25, 0.3) is 0 Å². The molecule has 0 aliphatic heterocycles. The lowest BCUT2D eigenvalue weighted by atomic mass is 10.1. The first-order chi connectivity index (χ1) is 8.29. The molecule has 1 aromatic carbocycles. The molecule has 90 valence electrons. The Hall–Kier alpha value is -0.790. The molecule has 2 heteroatoms. The monoisotopic (exact) mass is 264 g/mol. The van der Waals surface area contributed by atoms with Gasteiger partial charge in [0.1, 0.15) is 0 Å². The fourth-order valence-corrected chi connectivity index (χ4v) is 3.07. The minimum absolute atomic E-state index is 0.128. The van der Waals surface area contributed by atoms with Gasteiger partial charge in [0, 0.05) is 9.75 Å². The van der Waals surface area contributed by atoms with Gasteiger partial charge in [-0.15, -0.1) is 22.9 Å². The van der Waals surface area contributed by atoms with Crippen molar-refractivity contribution in [3.05, 3.63) is 57.8 Å². The maximum atomic E-state index is 6.40. The second kappa shape index (κ2) is 6.23. The molecule has 1 atom stereocenters. The minimum atomic E-state index is 0.128. The van der Waals surface area contributed by atoms with Gasteiger partial charge in [0.15, 0.2) is 0 Å². The molecule has 0 saturated carbocycles. The first kappa shape index (κ1) is 12.7. The predicted octanol–water partition coefficient (Wildman–Crippen LogP) is 5.22. The van der Waals surface area contributed by atoms with E-state index in [0.29, 0.717) is 0 Å². The van der Waals surface area contributed by atoms with Gasteiger partial charge in [-0.25, -0.2) is 0 Å². The number of alkyl halides is 1. The summed E-state index contributed by atoms with van der Waals surface area (Å²) in [6.45, 7) is 2.20. The van der Waals surface area contributed by atoms with Crippen LogP contribution in [0.1, 0.15) is 34.0 Å². The highest BCUT2D eigenvalue weighted by atomic mass is 35.5. The molecule has 2 aromatic rings. The lowest BCUT2D eigenvalue weighted by molar-refractivity contribution is 0.803. The molecule has 0 radical (unpaired) electrons. The van der Waals surface area contributed by atoms with Crippen molar-refractivity contribution in [3.63, 3.8) is 0 Å². The molecule has 2 rings (SSSR count). The van der Waals surface area contributed by atoms with E-state index >= 15 is 0 Å². The van der Waals surface area contributed by atoms with Crippen molar-refractivity contribution in [2.75, 3.05) is 0 Å². The molecule has 1 aromatic heterocycles. The Bertz CT molecular complexity index is 447. The molecule has 1 heterocycles. The molecule has 0 aliphatic rings. The summed E-state index contributed by atoms with van der Waals surface area (Å²) < 4.78 is 0. The number of aryl methyl sites for hydroxylation is 2. The van der Waals surface area contributed by atoms with Crippen LogP contribution in [0, 0.1) is 0 Å². The quantitative estimate of drug-likeness (QED) is 0.649. The average molecular weight is 265 g/mol. The van der Waals surface area contributed by atoms with Gasteiger partial charge in [-0.05, 0) is 37.0 Å². The maximum absolute atomic E-state index is 6.40. The van der Waals surface area contributed by atoms with Crippen LogP contribution in [0.2, 0.25) is 0 Å². The van der Waals surface area contributed by atoms with Crippen LogP contribution in [0.5, 0.6) is 0 Å². The van der Waals surface area contributed by atoms with Gasteiger partial charge >= 0.3 is 0 Å². The molecule has 0 bridgehead atoms. The second-order valence-corrected chi connectivity index (χ2v) is 5.92. The van der Waals surface area contributed by atoms with Crippen LogP contribution in [0.3, 0.4) is 0 Å². The molecular formula is C15H17ClS.